The monoisotopic (exact) mass is 277 g/mol. The molecule has 1 saturated heterocycles. The molecule has 1 atom stereocenters. The number of aliphatic carboxylic acids is 1. The highest BCUT2D eigenvalue weighted by Gasteiger charge is 2.28. The van der Waals surface area contributed by atoms with E-state index >= 15 is 0 Å². The standard InChI is InChI=1S/C14H19N3O3/c1-9-5-6-15-10(2)12(9)16-14(20)17-7-3-4-11(8-17)13(18)19/h5-6,11H,3-4,7-8H2,1-2H3,(H,16,20)(H,18,19). The fourth-order valence-corrected chi connectivity index (χ4v) is 2.43. The number of likely N-dealkylation sites (tertiary alicyclic amines) is 1. The van der Waals surface area contributed by atoms with Crippen molar-refractivity contribution in [3.63, 3.8) is 0 Å². The first-order valence-corrected chi connectivity index (χ1v) is 6.70. The highest BCUT2D eigenvalue weighted by molar-refractivity contribution is 5.91. The zero-order valence-corrected chi connectivity index (χ0v) is 11.7. The second kappa shape index (κ2) is 5.90. The van der Waals surface area contributed by atoms with E-state index in [2.05, 4.69) is 10.3 Å². The van der Waals surface area contributed by atoms with Crippen LogP contribution in [0.2, 0.25) is 0 Å². The molecule has 2 N–H and O–H groups in total. The van der Waals surface area contributed by atoms with Crippen LogP contribution in [0.3, 0.4) is 0 Å². The van der Waals surface area contributed by atoms with E-state index in [0.29, 0.717) is 18.7 Å². The molecular weight excluding hydrogens is 258 g/mol. The van der Waals surface area contributed by atoms with Gasteiger partial charge in [-0.05, 0) is 38.3 Å². The zero-order valence-electron chi connectivity index (χ0n) is 11.7. The fraction of sp³-hybridized carbons (Fsp3) is 0.500. The summed E-state index contributed by atoms with van der Waals surface area (Å²) in [7, 11) is 0. The summed E-state index contributed by atoms with van der Waals surface area (Å²) in [5, 5.41) is 11.9. The van der Waals surface area contributed by atoms with Crippen molar-refractivity contribution in [3.8, 4) is 0 Å². The molecule has 1 aliphatic rings. The highest BCUT2D eigenvalue weighted by atomic mass is 16.4. The number of carbonyl (C=O) groups excluding carboxylic acids is 1. The summed E-state index contributed by atoms with van der Waals surface area (Å²) in [6, 6.07) is 1.58. The summed E-state index contributed by atoms with van der Waals surface area (Å²) in [6.07, 6.45) is 3.04. The fourth-order valence-electron chi connectivity index (χ4n) is 2.43. The first-order valence-electron chi connectivity index (χ1n) is 6.70. The van der Waals surface area contributed by atoms with Crippen molar-refractivity contribution in [3.05, 3.63) is 23.5 Å². The van der Waals surface area contributed by atoms with E-state index in [1.54, 1.807) is 11.1 Å². The van der Waals surface area contributed by atoms with Crippen LogP contribution in [0.15, 0.2) is 12.3 Å². The third-order valence-corrected chi connectivity index (χ3v) is 3.64. The quantitative estimate of drug-likeness (QED) is 0.866. The van der Waals surface area contributed by atoms with E-state index in [-0.39, 0.29) is 12.6 Å². The number of urea groups is 1. The maximum absolute atomic E-state index is 12.2. The minimum absolute atomic E-state index is 0.254. The molecule has 0 spiro atoms. The summed E-state index contributed by atoms with van der Waals surface area (Å²) in [4.78, 5) is 29.0. The van der Waals surface area contributed by atoms with Crippen molar-refractivity contribution in [1.82, 2.24) is 9.88 Å². The topological polar surface area (TPSA) is 82.5 Å². The van der Waals surface area contributed by atoms with Crippen LogP contribution in [0.5, 0.6) is 0 Å². The lowest BCUT2D eigenvalue weighted by atomic mass is 9.99. The number of anilines is 1. The number of hydrogen-bond acceptors (Lipinski definition) is 3. The van der Waals surface area contributed by atoms with Crippen LogP contribution < -0.4 is 5.32 Å². The number of carbonyl (C=O) groups is 2. The Bertz CT molecular complexity index is 510. The van der Waals surface area contributed by atoms with Crippen molar-refractivity contribution in [2.75, 3.05) is 18.4 Å². The lowest BCUT2D eigenvalue weighted by Crippen LogP contribution is -2.44. The van der Waals surface area contributed by atoms with Gasteiger partial charge in [0.25, 0.3) is 0 Å². The molecule has 2 amide bonds. The van der Waals surface area contributed by atoms with Gasteiger partial charge in [0.1, 0.15) is 0 Å². The Labute approximate surface area is 117 Å². The third-order valence-electron chi connectivity index (χ3n) is 3.64. The number of piperidine rings is 1. The van der Waals surface area contributed by atoms with Gasteiger partial charge in [-0.25, -0.2) is 4.79 Å². The van der Waals surface area contributed by atoms with E-state index in [0.717, 1.165) is 17.7 Å². The number of carboxylic acids is 1. The minimum atomic E-state index is -0.837. The number of amides is 2. The molecule has 6 heteroatoms. The van der Waals surface area contributed by atoms with Crippen molar-refractivity contribution >= 4 is 17.7 Å². The van der Waals surface area contributed by atoms with Crippen LogP contribution in [-0.4, -0.2) is 40.1 Å². The van der Waals surface area contributed by atoms with Gasteiger partial charge in [-0.2, -0.15) is 0 Å². The van der Waals surface area contributed by atoms with Crippen LogP contribution in [0, 0.1) is 19.8 Å². The van der Waals surface area contributed by atoms with Crippen LogP contribution in [0.4, 0.5) is 10.5 Å². The smallest absolute Gasteiger partial charge is 0.321 e. The molecule has 1 unspecified atom stereocenters. The molecule has 6 nitrogen and oxygen atoms in total. The number of carboxylic acid groups (broad SMARTS) is 1. The van der Waals surface area contributed by atoms with E-state index in [1.807, 2.05) is 19.9 Å². The first-order chi connectivity index (χ1) is 9.49. The van der Waals surface area contributed by atoms with Gasteiger partial charge < -0.3 is 15.3 Å². The molecule has 0 bridgehead atoms. The molecule has 1 aliphatic heterocycles. The third kappa shape index (κ3) is 3.07. The van der Waals surface area contributed by atoms with E-state index in [4.69, 9.17) is 5.11 Å². The minimum Gasteiger partial charge on any atom is -0.481 e. The second-order valence-electron chi connectivity index (χ2n) is 5.14. The van der Waals surface area contributed by atoms with Gasteiger partial charge in [0.15, 0.2) is 0 Å². The van der Waals surface area contributed by atoms with Crippen LogP contribution in [0.1, 0.15) is 24.1 Å². The van der Waals surface area contributed by atoms with Gasteiger partial charge in [0, 0.05) is 19.3 Å². The molecule has 2 rings (SSSR count). The van der Waals surface area contributed by atoms with E-state index in [9.17, 15) is 9.59 Å². The van der Waals surface area contributed by atoms with Gasteiger partial charge in [-0.15, -0.1) is 0 Å². The molecule has 0 aromatic carbocycles. The van der Waals surface area contributed by atoms with E-state index < -0.39 is 11.9 Å². The van der Waals surface area contributed by atoms with Gasteiger partial charge in [0.05, 0.1) is 17.3 Å². The molecule has 1 aromatic rings. The van der Waals surface area contributed by atoms with Crippen LogP contribution in [0.25, 0.3) is 0 Å². The Hall–Kier alpha value is -2.11. The van der Waals surface area contributed by atoms with Gasteiger partial charge in [-0.1, -0.05) is 0 Å². The first kappa shape index (κ1) is 14.3. The SMILES string of the molecule is Cc1ccnc(C)c1NC(=O)N1CCCC(C(=O)O)C1. The predicted octanol–water partition coefficient (Wildman–Crippen LogP) is 2.03. The average molecular weight is 277 g/mol. The maximum Gasteiger partial charge on any atom is 0.321 e. The van der Waals surface area contributed by atoms with Crippen molar-refractivity contribution < 1.29 is 14.7 Å². The Morgan fingerprint density at radius 1 is 1.45 bits per heavy atom. The largest absolute Gasteiger partial charge is 0.481 e. The van der Waals surface area contributed by atoms with Gasteiger partial charge in [-0.3, -0.25) is 9.78 Å². The molecule has 1 fully saturated rings. The second-order valence-corrected chi connectivity index (χ2v) is 5.14. The van der Waals surface area contributed by atoms with Gasteiger partial charge in [0.2, 0.25) is 0 Å². The lowest BCUT2D eigenvalue weighted by Gasteiger charge is -2.31. The van der Waals surface area contributed by atoms with Crippen LogP contribution in [-0.2, 0) is 4.79 Å². The van der Waals surface area contributed by atoms with E-state index in [1.165, 1.54) is 0 Å². The van der Waals surface area contributed by atoms with Crippen molar-refractivity contribution in [1.29, 1.82) is 0 Å². The Morgan fingerprint density at radius 2 is 2.20 bits per heavy atom. The Kier molecular flexibility index (Phi) is 4.22. The summed E-state index contributed by atoms with van der Waals surface area (Å²) >= 11 is 0. The van der Waals surface area contributed by atoms with Crippen molar-refractivity contribution in [2.45, 2.75) is 26.7 Å². The number of aromatic nitrogens is 1. The summed E-state index contributed by atoms with van der Waals surface area (Å²) < 4.78 is 0. The summed E-state index contributed by atoms with van der Waals surface area (Å²) in [6.45, 7) is 4.59. The summed E-state index contributed by atoms with van der Waals surface area (Å²) in [5.74, 6) is -1.30. The molecule has 1 aromatic heterocycles. The number of aryl methyl sites for hydroxylation is 2. The summed E-state index contributed by atoms with van der Waals surface area (Å²) in [5.41, 5.74) is 2.40. The normalized spacial score (nSPS) is 18.7. The molecule has 0 aliphatic carbocycles. The van der Waals surface area contributed by atoms with Gasteiger partial charge >= 0.3 is 12.0 Å². The molecular formula is C14H19N3O3. The number of pyridine rings is 1. The number of rotatable bonds is 2. The number of nitrogens with one attached hydrogen (secondary N) is 1. The number of hydrogen-bond donors (Lipinski definition) is 2. The molecule has 2 heterocycles. The van der Waals surface area contributed by atoms with Crippen molar-refractivity contribution in [2.24, 2.45) is 5.92 Å². The predicted molar refractivity (Wildman–Crippen MR) is 74.7 cm³/mol. The average Bonchev–Trinajstić information content (AvgIpc) is 2.43. The Morgan fingerprint density at radius 3 is 2.85 bits per heavy atom. The zero-order chi connectivity index (χ0) is 14.7. The maximum atomic E-state index is 12.2. The molecule has 20 heavy (non-hydrogen) atoms. The molecule has 0 saturated carbocycles. The number of nitrogens with zero attached hydrogens (tertiary/aromatic N) is 2. The molecule has 108 valence electrons. The molecule has 0 radical (unpaired) electrons. The lowest BCUT2D eigenvalue weighted by molar-refractivity contribution is -0.143. The Balaban J connectivity index is 2.06. The van der Waals surface area contributed by atoms with Crippen LogP contribution >= 0.6 is 0 Å². The highest BCUT2D eigenvalue weighted by Crippen LogP contribution is 2.20.